The molecule has 2 aliphatic carbocycles. The fourth-order valence-corrected chi connectivity index (χ4v) is 8.19. The molecule has 0 amide bonds. The van der Waals surface area contributed by atoms with Gasteiger partial charge in [-0.05, 0) is 100 Å². The second kappa shape index (κ2) is 12.0. The molecule has 2 aliphatic rings. The van der Waals surface area contributed by atoms with Crippen molar-refractivity contribution >= 4 is 0 Å². The average molecular weight is 608 g/mol. The van der Waals surface area contributed by atoms with Crippen LogP contribution in [-0.2, 0) is 5.41 Å². The molecule has 0 saturated carbocycles. The summed E-state index contributed by atoms with van der Waals surface area (Å²) in [6, 6.07) is 50.8. The van der Waals surface area contributed by atoms with Crippen LogP contribution in [0.2, 0.25) is 0 Å². The van der Waals surface area contributed by atoms with Gasteiger partial charge in [0.05, 0.1) is 11.4 Å². The first-order valence-electron chi connectivity index (χ1n) is 17.2. The van der Waals surface area contributed by atoms with Gasteiger partial charge < -0.3 is 0 Å². The summed E-state index contributed by atoms with van der Waals surface area (Å²) in [6.07, 6.45) is 6.31. The van der Waals surface area contributed by atoms with Crippen LogP contribution >= 0.6 is 0 Å². The summed E-state index contributed by atoms with van der Waals surface area (Å²) in [6.45, 7) is 7.25. The van der Waals surface area contributed by atoms with Crippen LogP contribution in [0.4, 0.5) is 0 Å². The van der Waals surface area contributed by atoms with Gasteiger partial charge in [-0.1, -0.05) is 147 Å². The summed E-state index contributed by atoms with van der Waals surface area (Å²) in [5.74, 6) is 1.36. The fourth-order valence-electron chi connectivity index (χ4n) is 8.19. The maximum Gasteiger partial charge on any atom is 0.0715 e. The van der Waals surface area contributed by atoms with Gasteiger partial charge in [0.15, 0.2) is 0 Å². The molecule has 1 nitrogen and oxygen atoms in total. The number of aromatic nitrogens is 1. The zero-order valence-corrected chi connectivity index (χ0v) is 27.6. The van der Waals surface area contributed by atoms with Crippen molar-refractivity contribution in [3.05, 3.63) is 162 Å². The lowest BCUT2D eigenvalue weighted by Gasteiger charge is -2.37. The van der Waals surface area contributed by atoms with E-state index in [2.05, 4.69) is 166 Å². The van der Waals surface area contributed by atoms with E-state index in [1.807, 2.05) is 0 Å². The zero-order chi connectivity index (χ0) is 32.0. The van der Waals surface area contributed by atoms with E-state index in [0.29, 0.717) is 5.92 Å². The van der Waals surface area contributed by atoms with Crippen molar-refractivity contribution in [2.24, 2.45) is 11.8 Å². The van der Waals surface area contributed by atoms with Crippen LogP contribution in [0.1, 0.15) is 51.2 Å². The summed E-state index contributed by atoms with van der Waals surface area (Å²) in [7, 11) is 0. The standard InChI is InChI=1S/C46H41N/c1-4-32-24-31(2)25-39(26-32)46(3)42-21-12-11-20-40(42)41-23-22-36(28-43(41)46)35-18-13-19-37(27-35)45-30-38(33-14-7-5-8-15-33)29-44(47-45)34-16-9-6-10-17-34/h5-23,25,27-32H,4,24,26H2,1-3H3. The Labute approximate surface area is 279 Å². The molecule has 0 N–H and O–H groups in total. The number of rotatable bonds is 6. The Balaban J connectivity index is 1.24. The summed E-state index contributed by atoms with van der Waals surface area (Å²) >= 11 is 0. The summed E-state index contributed by atoms with van der Waals surface area (Å²) in [5.41, 5.74) is 16.2. The number of fused-ring (bicyclic) bond motifs is 3. The van der Waals surface area contributed by atoms with Crippen LogP contribution in [-0.4, -0.2) is 4.98 Å². The van der Waals surface area contributed by atoms with Gasteiger partial charge in [0, 0.05) is 16.5 Å². The Kier molecular flexibility index (Phi) is 7.49. The van der Waals surface area contributed by atoms with Crippen molar-refractivity contribution in [2.45, 2.75) is 45.4 Å². The molecule has 3 unspecified atom stereocenters. The lowest BCUT2D eigenvalue weighted by molar-refractivity contribution is 0.373. The van der Waals surface area contributed by atoms with Gasteiger partial charge in [-0.25, -0.2) is 4.98 Å². The van der Waals surface area contributed by atoms with Crippen molar-refractivity contribution < 1.29 is 0 Å². The predicted octanol–water partition coefficient (Wildman–Crippen LogP) is 12.4. The molecule has 0 saturated heterocycles. The third-order valence-corrected chi connectivity index (χ3v) is 10.7. The Morgan fingerprint density at radius 2 is 1.19 bits per heavy atom. The molecule has 0 radical (unpaired) electrons. The largest absolute Gasteiger partial charge is 0.248 e. The SMILES string of the molecule is CCC1CC(C2(C)c3ccccc3-c3ccc(-c4cccc(-c5cc(-c6ccccc6)cc(-c6ccccc6)n5)c4)cc32)=CC(C)C1. The van der Waals surface area contributed by atoms with Gasteiger partial charge in [0.2, 0.25) is 0 Å². The van der Waals surface area contributed by atoms with E-state index in [4.69, 9.17) is 4.98 Å². The van der Waals surface area contributed by atoms with Crippen molar-refractivity contribution in [3.8, 4) is 55.9 Å². The van der Waals surface area contributed by atoms with Crippen LogP contribution in [0, 0.1) is 11.8 Å². The highest BCUT2D eigenvalue weighted by atomic mass is 14.7. The maximum absolute atomic E-state index is 5.22. The number of hydrogen-bond acceptors (Lipinski definition) is 1. The number of allylic oxidation sites excluding steroid dienone is 2. The van der Waals surface area contributed by atoms with Crippen LogP contribution < -0.4 is 0 Å². The van der Waals surface area contributed by atoms with Crippen LogP contribution in [0.5, 0.6) is 0 Å². The third kappa shape index (κ3) is 5.25. The molecule has 8 rings (SSSR count). The third-order valence-electron chi connectivity index (χ3n) is 10.7. The fraction of sp³-hybridized carbons (Fsp3) is 0.196. The topological polar surface area (TPSA) is 12.9 Å². The molecule has 5 aromatic carbocycles. The lowest BCUT2D eigenvalue weighted by atomic mass is 9.66. The van der Waals surface area contributed by atoms with Crippen molar-refractivity contribution in [2.75, 3.05) is 0 Å². The smallest absolute Gasteiger partial charge is 0.0715 e. The summed E-state index contributed by atoms with van der Waals surface area (Å²) in [4.78, 5) is 5.22. The minimum atomic E-state index is -0.127. The quantitative estimate of drug-likeness (QED) is 0.172. The van der Waals surface area contributed by atoms with Crippen LogP contribution in [0.15, 0.2) is 151 Å². The van der Waals surface area contributed by atoms with Gasteiger partial charge >= 0.3 is 0 Å². The van der Waals surface area contributed by atoms with Crippen molar-refractivity contribution in [1.82, 2.24) is 4.98 Å². The Morgan fingerprint density at radius 1 is 0.574 bits per heavy atom. The first kappa shape index (κ1) is 29.4. The predicted molar refractivity (Wildman–Crippen MR) is 198 cm³/mol. The monoisotopic (exact) mass is 607 g/mol. The number of benzene rings is 5. The highest BCUT2D eigenvalue weighted by molar-refractivity contribution is 5.86. The Morgan fingerprint density at radius 3 is 1.96 bits per heavy atom. The number of pyridine rings is 1. The van der Waals surface area contributed by atoms with Crippen LogP contribution in [0.3, 0.4) is 0 Å². The van der Waals surface area contributed by atoms with E-state index in [0.717, 1.165) is 28.4 Å². The highest BCUT2D eigenvalue weighted by Gasteiger charge is 2.43. The summed E-state index contributed by atoms with van der Waals surface area (Å²) in [5, 5.41) is 0. The minimum absolute atomic E-state index is 0.127. The molecular formula is C46H41N. The van der Waals surface area contributed by atoms with Gasteiger partial charge in [-0.3, -0.25) is 0 Å². The summed E-state index contributed by atoms with van der Waals surface area (Å²) < 4.78 is 0. The first-order chi connectivity index (χ1) is 23.0. The van der Waals surface area contributed by atoms with Crippen molar-refractivity contribution in [3.63, 3.8) is 0 Å². The molecule has 0 spiro atoms. The van der Waals surface area contributed by atoms with Gasteiger partial charge in [-0.2, -0.15) is 0 Å². The second-order valence-corrected chi connectivity index (χ2v) is 13.8. The van der Waals surface area contributed by atoms with Gasteiger partial charge in [0.25, 0.3) is 0 Å². The molecule has 1 heterocycles. The molecule has 3 atom stereocenters. The van der Waals surface area contributed by atoms with E-state index in [-0.39, 0.29) is 5.41 Å². The highest BCUT2D eigenvalue weighted by Crippen LogP contribution is 2.56. The maximum atomic E-state index is 5.22. The molecule has 47 heavy (non-hydrogen) atoms. The minimum Gasteiger partial charge on any atom is -0.248 e. The first-order valence-corrected chi connectivity index (χ1v) is 17.2. The molecule has 0 aliphatic heterocycles. The number of hydrogen-bond donors (Lipinski definition) is 0. The van der Waals surface area contributed by atoms with Crippen LogP contribution in [0.25, 0.3) is 55.9 Å². The molecule has 0 fully saturated rings. The van der Waals surface area contributed by atoms with E-state index in [1.54, 1.807) is 5.57 Å². The second-order valence-electron chi connectivity index (χ2n) is 13.8. The van der Waals surface area contributed by atoms with E-state index >= 15 is 0 Å². The number of nitrogens with zero attached hydrogens (tertiary/aromatic N) is 1. The van der Waals surface area contributed by atoms with Crippen molar-refractivity contribution in [1.29, 1.82) is 0 Å². The molecule has 1 aromatic heterocycles. The van der Waals surface area contributed by atoms with E-state index in [1.165, 1.54) is 63.8 Å². The lowest BCUT2D eigenvalue weighted by Crippen LogP contribution is -2.28. The molecule has 1 heteroatoms. The zero-order valence-electron chi connectivity index (χ0n) is 27.6. The van der Waals surface area contributed by atoms with E-state index < -0.39 is 0 Å². The van der Waals surface area contributed by atoms with E-state index in [9.17, 15) is 0 Å². The normalized spacial score (nSPS) is 19.9. The molecular weight excluding hydrogens is 567 g/mol. The average Bonchev–Trinajstić information content (AvgIpc) is 3.40. The molecule has 230 valence electrons. The van der Waals surface area contributed by atoms with Gasteiger partial charge in [0.1, 0.15) is 0 Å². The Hall–Kier alpha value is -5.01. The molecule has 0 bridgehead atoms. The van der Waals surface area contributed by atoms with Gasteiger partial charge in [-0.15, -0.1) is 0 Å². The molecule has 6 aromatic rings. The Bertz CT molecular complexity index is 2050.